The molecule has 0 aromatic carbocycles. The monoisotopic (exact) mass is 430 g/mol. The number of epoxide rings is 1. The minimum atomic E-state index is -1.08. The fourth-order valence-corrected chi connectivity index (χ4v) is 8.68. The fraction of sp³-hybridized carbons (Fsp3) is 0.792. The van der Waals surface area contributed by atoms with Crippen molar-refractivity contribution in [2.24, 2.45) is 28.6 Å². The number of esters is 2. The van der Waals surface area contributed by atoms with Crippen LogP contribution in [-0.4, -0.2) is 53.3 Å². The lowest BCUT2D eigenvalue weighted by atomic mass is 9.43. The van der Waals surface area contributed by atoms with Gasteiger partial charge in [0.15, 0.2) is 11.9 Å². The van der Waals surface area contributed by atoms with Gasteiger partial charge < -0.3 is 19.3 Å². The lowest BCUT2D eigenvalue weighted by Crippen LogP contribution is -2.63. The van der Waals surface area contributed by atoms with Gasteiger partial charge in [0.2, 0.25) is 0 Å². The zero-order valence-corrected chi connectivity index (χ0v) is 18.3. The Morgan fingerprint density at radius 2 is 2.00 bits per heavy atom. The minimum absolute atomic E-state index is 0.0563. The van der Waals surface area contributed by atoms with Gasteiger partial charge in [0.05, 0.1) is 19.1 Å². The fourth-order valence-electron chi connectivity index (χ4n) is 8.68. The average Bonchev–Trinajstić information content (AvgIpc) is 3.28. The first-order valence-corrected chi connectivity index (χ1v) is 11.5. The van der Waals surface area contributed by atoms with Crippen LogP contribution in [0.15, 0.2) is 11.6 Å². The second-order valence-corrected chi connectivity index (χ2v) is 11.1. The zero-order valence-electron chi connectivity index (χ0n) is 18.3. The van der Waals surface area contributed by atoms with Crippen LogP contribution in [0.25, 0.3) is 0 Å². The van der Waals surface area contributed by atoms with E-state index in [0.29, 0.717) is 25.7 Å². The highest BCUT2D eigenvalue weighted by atomic mass is 16.6. The molecule has 168 valence electrons. The Morgan fingerprint density at radius 1 is 1.23 bits per heavy atom. The topological polar surface area (TPSA) is 102 Å². The molecule has 0 radical (unpaired) electrons. The highest BCUT2D eigenvalue weighted by Gasteiger charge is 2.83. The summed E-state index contributed by atoms with van der Waals surface area (Å²) in [5, 5.41) is 10.2. The van der Waals surface area contributed by atoms with Crippen molar-refractivity contribution >= 4 is 17.7 Å². The van der Waals surface area contributed by atoms with Gasteiger partial charge >= 0.3 is 11.9 Å². The molecule has 0 amide bonds. The molecule has 6 rings (SSSR count). The van der Waals surface area contributed by atoms with Gasteiger partial charge in [-0.05, 0) is 44.1 Å². The lowest BCUT2D eigenvalue weighted by molar-refractivity contribution is -0.173. The molecule has 1 N–H and O–H groups in total. The van der Waals surface area contributed by atoms with Crippen LogP contribution in [0.2, 0.25) is 0 Å². The van der Waals surface area contributed by atoms with E-state index in [1.165, 1.54) is 7.11 Å². The van der Waals surface area contributed by atoms with Crippen LogP contribution in [0, 0.1) is 28.6 Å². The molecule has 2 saturated heterocycles. The van der Waals surface area contributed by atoms with Crippen molar-refractivity contribution in [2.75, 3.05) is 7.11 Å². The quantitative estimate of drug-likeness (QED) is 0.502. The molecular weight excluding hydrogens is 400 g/mol. The van der Waals surface area contributed by atoms with Crippen LogP contribution in [0.3, 0.4) is 0 Å². The van der Waals surface area contributed by atoms with Crippen molar-refractivity contribution in [1.29, 1.82) is 0 Å². The molecule has 9 atom stereocenters. The molecule has 2 heterocycles. The molecule has 0 aromatic heterocycles. The van der Waals surface area contributed by atoms with E-state index in [2.05, 4.69) is 13.8 Å². The molecule has 3 saturated carbocycles. The van der Waals surface area contributed by atoms with Gasteiger partial charge in [-0.15, -0.1) is 0 Å². The summed E-state index contributed by atoms with van der Waals surface area (Å²) in [7, 11) is 1.42. The van der Waals surface area contributed by atoms with Gasteiger partial charge in [0.1, 0.15) is 11.2 Å². The summed E-state index contributed by atoms with van der Waals surface area (Å²) in [5.74, 6) is -1.00. The third-order valence-corrected chi connectivity index (χ3v) is 10.3. The Morgan fingerprint density at radius 3 is 2.68 bits per heavy atom. The molecule has 2 spiro atoms. The number of fused-ring (bicyclic) bond motifs is 4. The van der Waals surface area contributed by atoms with Crippen molar-refractivity contribution in [3.8, 4) is 0 Å². The SMILES string of the molecule is COC(=O)C1CC2=CC(=O)CCC2(C)C23OC2CC2(C)C(CCC24CC(O)C(=O)O4)C13. The van der Waals surface area contributed by atoms with E-state index < -0.39 is 23.3 Å². The van der Waals surface area contributed by atoms with Gasteiger partial charge in [-0.1, -0.05) is 19.4 Å². The predicted octanol–water partition coefficient (Wildman–Crippen LogP) is 2.10. The van der Waals surface area contributed by atoms with Gasteiger partial charge in [-0.3, -0.25) is 9.59 Å². The number of carbonyl (C=O) groups excluding carboxylic acids is 3. The van der Waals surface area contributed by atoms with Crippen LogP contribution in [0.5, 0.6) is 0 Å². The second kappa shape index (κ2) is 5.79. The first-order chi connectivity index (χ1) is 14.6. The maximum absolute atomic E-state index is 13.0. The normalized spacial score (nSPS) is 54.3. The Hall–Kier alpha value is -1.73. The molecule has 0 bridgehead atoms. The Kier molecular flexibility index (Phi) is 3.72. The maximum Gasteiger partial charge on any atom is 0.335 e. The van der Waals surface area contributed by atoms with E-state index in [1.54, 1.807) is 6.08 Å². The van der Waals surface area contributed by atoms with Crippen LogP contribution < -0.4 is 0 Å². The number of methoxy groups -OCH3 is 1. The number of rotatable bonds is 1. The molecule has 7 heteroatoms. The summed E-state index contributed by atoms with van der Waals surface area (Å²) in [6, 6.07) is 0. The highest BCUT2D eigenvalue weighted by Crippen LogP contribution is 2.78. The van der Waals surface area contributed by atoms with Crippen LogP contribution in [0.4, 0.5) is 0 Å². The standard InChI is InChI=1S/C24H30O7/c1-21-6-4-13(25)8-12(21)9-14(19(27)29-3)18-15-5-7-23(10-16(26)20(28)31-23)22(15,2)11-17-24(18,21)30-17/h8,14-18,26H,4-7,9-11H2,1-3H3. The molecule has 31 heavy (non-hydrogen) atoms. The Bertz CT molecular complexity index is 940. The summed E-state index contributed by atoms with van der Waals surface area (Å²) in [5.41, 5.74) is -0.801. The summed E-state index contributed by atoms with van der Waals surface area (Å²) in [4.78, 5) is 37.5. The molecule has 2 aliphatic heterocycles. The Balaban J connectivity index is 1.48. The predicted molar refractivity (Wildman–Crippen MR) is 107 cm³/mol. The van der Waals surface area contributed by atoms with Gasteiger partial charge in [-0.2, -0.15) is 0 Å². The van der Waals surface area contributed by atoms with Gasteiger partial charge in [-0.25, -0.2) is 4.79 Å². The van der Waals surface area contributed by atoms with E-state index >= 15 is 0 Å². The number of aliphatic hydroxyl groups is 1. The third kappa shape index (κ3) is 2.11. The summed E-state index contributed by atoms with van der Waals surface area (Å²) < 4.78 is 17.7. The van der Waals surface area contributed by atoms with Crippen molar-refractivity contribution in [1.82, 2.24) is 0 Å². The van der Waals surface area contributed by atoms with E-state index in [4.69, 9.17) is 14.2 Å². The minimum Gasteiger partial charge on any atom is -0.469 e. The molecule has 9 unspecified atom stereocenters. The second-order valence-electron chi connectivity index (χ2n) is 11.1. The number of aliphatic hydroxyl groups excluding tert-OH is 1. The molecule has 6 aliphatic rings. The zero-order chi connectivity index (χ0) is 22.0. The van der Waals surface area contributed by atoms with Crippen molar-refractivity contribution in [3.63, 3.8) is 0 Å². The third-order valence-electron chi connectivity index (χ3n) is 10.3. The number of ether oxygens (including phenoxy) is 3. The Labute approximate surface area is 181 Å². The van der Waals surface area contributed by atoms with Crippen molar-refractivity contribution in [2.45, 2.75) is 82.2 Å². The van der Waals surface area contributed by atoms with E-state index in [9.17, 15) is 19.5 Å². The first-order valence-electron chi connectivity index (χ1n) is 11.5. The van der Waals surface area contributed by atoms with Gasteiger partial charge in [0.25, 0.3) is 0 Å². The largest absolute Gasteiger partial charge is 0.469 e. The summed E-state index contributed by atoms with van der Waals surface area (Å²) in [6.45, 7) is 4.37. The smallest absolute Gasteiger partial charge is 0.335 e. The van der Waals surface area contributed by atoms with Crippen molar-refractivity contribution < 1.29 is 33.7 Å². The molecule has 0 aromatic rings. The highest BCUT2D eigenvalue weighted by molar-refractivity contribution is 5.92. The maximum atomic E-state index is 13.0. The number of carbonyl (C=O) groups is 3. The van der Waals surface area contributed by atoms with E-state index in [-0.39, 0.29) is 46.4 Å². The van der Waals surface area contributed by atoms with Crippen LogP contribution in [0.1, 0.15) is 58.8 Å². The number of ketones is 1. The first kappa shape index (κ1) is 19.9. The molecule has 4 aliphatic carbocycles. The molecule has 7 nitrogen and oxygen atoms in total. The lowest BCUT2D eigenvalue weighted by Gasteiger charge is -2.58. The molecule has 5 fully saturated rings. The van der Waals surface area contributed by atoms with Gasteiger partial charge in [0, 0.05) is 29.6 Å². The summed E-state index contributed by atoms with van der Waals surface area (Å²) in [6.07, 6.45) is 4.93. The number of hydrogen-bond donors (Lipinski definition) is 1. The number of hydrogen-bond acceptors (Lipinski definition) is 7. The van der Waals surface area contributed by atoms with Crippen LogP contribution in [-0.2, 0) is 28.6 Å². The van der Waals surface area contributed by atoms with E-state index in [1.807, 2.05) is 0 Å². The molecular formula is C24H30O7. The van der Waals surface area contributed by atoms with E-state index in [0.717, 1.165) is 24.8 Å². The van der Waals surface area contributed by atoms with Crippen LogP contribution >= 0.6 is 0 Å². The average molecular weight is 430 g/mol. The van der Waals surface area contributed by atoms with Crippen molar-refractivity contribution in [3.05, 3.63) is 11.6 Å². The summed E-state index contributed by atoms with van der Waals surface area (Å²) >= 11 is 0.